The quantitative estimate of drug-likeness (QED) is 0.416. The van der Waals surface area contributed by atoms with Gasteiger partial charge in [0.25, 0.3) is 0 Å². The molecule has 34 heavy (non-hydrogen) atoms. The van der Waals surface area contributed by atoms with Crippen LogP contribution in [0.3, 0.4) is 0 Å². The smallest absolute Gasteiger partial charge is 0.407 e. The van der Waals surface area contributed by atoms with Crippen molar-refractivity contribution in [3.8, 4) is 11.1 Å². The van der Waals surface area contributed by atoms with Crippen LogP contribution in [0.1, 0.15) is 37.9 Å². The highest BCUT2D eigenvalue weighted by atomic mass is 19.1. The number of hydrogen-bond acceptors (Lipinski definition) is 5. The fraction of sp³-hybridized carbons (Fsp3) is 0.231. The molecule has 4 aromatic rings. The molecule has 2 heterocycles. The third-order valence-electron chi connectivity index (χ3n) is 5.16. The molecule has 0 saturated heterocycles. The highest BCUT2D eigenvalue weighted by molar-refractivity contribution is 5.87. The highest BCUT2D eigenvalue weighted by Crippen LogP contribution is 2.33. The van der Waals surface area contributed by atoms with E-state index in [-0.39, 0.29) is 6.54 Å². The van der Waals surface area contributed by atoms with Crippen LogP contribution in [-0.2, 0) is 4.74 Å². The topological polar surface area (TPSA) is 77.0 Å². The third kappa shape index (κ3) is 5.51. The van der Waals surface area contributed by atoms with E-state index in [0.717, 1.165) is 22.4 Å². The molecule has 0 aliphatic heterocycles. The first-order valence-electron chi connectivity index (χ1n) is 10.8. The maximum atomic E-state index is 14.1. The zero-order valence-corrected chi connectivity index (χ0v) is 19.0. The van der Waals surface area contributed by atoms with Crippen molar-refractivity contribution in [2.24, 2.45) is 0 Å². The van der Waals surface area contributed by atoms with Crippen LogP contribution in [-0.4, -0.2) is 33.2 Å². The number of halogens is 2. The maximum absolute atomic E-state index is 14.1. The van der Waals surface area contributed by atoms with Crippen LogP contribution in [0.15, 0.2) is 67.4 Å². The molecule has 0 bridgehead atoms. The van der Waals surface area contributed by atoms with Crippen molar-refractivity contribution in [3.05, 3.63) is 90.3 Å². The van der Waals surface area contributed by atoms with E-state index in [2.05, 4.69) is 20.3 Å². The summed E-state index contributed by atoms with van der Waals surface area (Å²) in [6.45, 7) is 5.27. The number of carbonyl (C=O) groups is 1. The van der Waals surface area contributed by atoms with Gasteiger partial charge in [0.1, 0.15) is 23.6 Å². The van der Waals surface area contributed by atoms with Crippen LogP contribution in [0.2, 0.25) is 0 Å². The molecule has 0 unspecified atom stereocenters. The van der Waals surface area contributed by atoms with E-state index in [1.165, 1.54) is 18.5 Å². The van der Waals surface area contributed by atoms with Crippen LogP contribution in [0, 0.1) is 11.6 Å². The molecule has 174 valence electrons. The first kappa shape index (κ1) is 23.2. The number of carbonyl (C=O) groups excluding carboxylic acids is 1. The molecular weight excluding hydrogens is 438 g/mol. The summed E-state index contributed by atoms with van der Waals surface area (Å²) in [5, 5.41) is 4.66. The van der Waals surface area contributed by atoms with Gasteiger partial charge in [0.2, 0.25) is 0 Å². The molecule has 0 saturated carbocycles. The molecule has 0 aliphatic rings. The number of amides is 1. The second-order valence-corrected chi connectivity index (χ2v) is 8.90. The monoisotopic (exact) mass is 462 g/mol. The predicted octanol–water partition coefficient (Wildman–Crippen LogP) is 5.63. The first-order valence-corrected chi connectivity index (χ1v) is 10.8. The lowest BCUT2D eigenvalue weighted by molar-refractivity contribution is 0.0526. The summed E-state index contributed by atoms with van der Waals surface area (Å²) in [5.41, 5.74) is 1.67. The Morgan fingerprint density at radius 2 is 1.76 bits per heavy atom. The van der Waals surface area contributed by atoms with Crippen molar-refractivity contribution in [2.45, 2.75) is 32.3 Å². The van der Waals surface area contributed by atoms with Crippen LogP contribution >= 0.6 is 0 Å². The summed E-state index contributed by atoms with van der Waals surface area (Å²) in [7, 11) is 0. The summed E-state index contributed by atoms with van der Waals surface area (Å²) >= 11 is 0. The summed E-state index contributed by atoms with van der Waals surface area (Å²) in [5.74, 6) is -2.10. The van der Waals surface area contributed by atoms with E-state index in [9.17, 15) is 13.6 Å². The summed E-state index contributed by atoms with van der Waals surface area (Å²) in [6.07, 6.45) is 5.87. The van der Waals surface area contributed by atoms with Crippen molar-refractivity contribution < 1.29 is 18.3 Å². The number of aromatic nitrogens is 3. The van der Waals surface area contributed by atoms with Crippen LogP contribution in [0.5, 0.6) is 0 Å². The number of ether oxygens (including phenoxy) is 1. The molecule has 1 N–H and O–H groups in total. The molecule has 6 nitrogen and oxygen atoms in total. The number of fused-ring (bicyclic) bond motifs is 1. The number of pyridine rings is 1. The molecule has 0 aliphatic carbocycles. The van der Waals surface area contributed by atoms with Gasteiger partial charge in [-0.2, -0.15) is 0 Å². The van der Waals surface area contributed by atoms with Crippen molar-refractivity contribution in [3.63, 3.8) is 0 Å². The molecule has 4 rings (SSSR count). The number of alkyl carbamates (subject to hydrolysis) is 1. The van der Waals surface area contributed by atoms with Gasteiger partial charge in [0.15, 0.2) is 0 Å². The van der Waals surface area contributed by atoms with E-state index in [0.29, 0.717) is 16.8 Å². The molecule has 1 atom stereocenters. The number of benzene rings is 2. The van der Waals surface area contributed by atoms with E-state index in [1.807, 2.05) is 24.3 Å². The molecule has 8 heteroatoms. The minimum Gasteiger partial charge on any atom is -0.444 e. The molecule has 0 spiro atoms. The minimum atomic E-state index is -0.717. The van der Waals surface area contributed by atoms with Gasteiger partial charge in [0.05, 0.1) is 5.69 Å². The summed E-state index contributed by atoms with van der Waals surface area (Å²) in [6, 6.07) is 11.0. The van der Waals surface area contributed by atoms with E-state index < -0.39 is 29.2 Å². The Balaban J connectivity index is 1.77. The summed E-state index contributed by atoms with van der Waals surface area (Å²) < 4.78 is 33.6. The zero-order chi connectivity index (χ0) is 24.3. The lowest BCUT2D eigenvalue weighted by Gasteiger charge is -2.23. The second kappa shape index (κ2) is 9.51. The number of rotatable bonds is 5. The standard InChI is InChI=1S/C26H24F2N4O2/c1-26(2,3)34-25(33)31-14-23(19-9-20(27)11-21(28)10-19)24-22(13-30-15-32-24)17-4-5-18-12-29-7-6-16(18)8-17/h4-13,15,23H,14H2,1-3H3,(H,31,33)/t23-/m1/s1. The van der Waals surface area contributed by atoms with E-state index >= 15 is 0 Å². The van der Waals surface area contributed by atoms with Crippen molar-refractivity contribution >= 4 is 16.9 Å². The molecule has 2 aromatic heterocycles. The highest BCUT2D eigenvalue weighted by Gasteiger charge is 2.24. The fourth-order valence-electron chi connectivity index (χ4n) is 3.74. The molecule has 1 amide bonds. The van der Waals surface area contributed by atoms with Gasteiger partial charge in [-0.25, -0.2) is 23.5 Å². The summed E-state index contributed by atoms with van der Waals surface area (Å²) in [4.78, 5) is 25.1. The van der Waals surface area contributed by atoms with Crippen LogP contribution in [0.4, 0.5) is 13.6 Å². The Kier molecular flexibility index (Phi) is 6.49. The van der Waals surface area contributed by atoms with Gasteiger partial charge in [-0.15, -0.1) is 0 Å². The maximum Gasteiger partial charge on any atom is 0.407 e. The normalized spacial score (nSPS) is 12.4. The Hall–Kier alpha value is -3.94. The second-order valence-electron chi connectivity index (χ2n) is 8.90. The van der Waals surface area contributed by atoms with Crippen molar-refractivity contribution in [1.29, 1.82) is 0 Å². The Labute approximate surface area is 196 Å². The molecule has 2 aromatic carbocycles. The number of nitrogens with one attached hydrogen (secondary N) is 1. The lowest BCUT2D eigenvalue weighted by atomic mass is 9.90. The average Bonchev–Trinajstić information content (AvgIpc) is 2.77. The molecule has 0 radical (unpaired) electrons. The van der Waals surface area contributed by atoms with Gasteiger partial charge >= 0.3 is 6.09 Å². The number of nitrogens with zero attached hydrogens (tertiary/aromatic N) is 3. The van der Waals surface area contributed by atoms with Gasteiger partial charge in [-0.1, -0.05) is 12.1 Å². The zero-order valence-electron chi connectivity index (χ0n) is 19.0. The van der Waals surface area contributed by atoms with Gasteiger partial charge in [-0.3, -0.25) is 4.98 Å². The van der Waals surface area contributed by atoms with Crippen molar-refractivity contribution in [2.75, 3.05) is 6.54 Å². The fourth-order valence-corrected chi connectivity index (χ4v) is 3.74. The Morgan fingerprint density at radius 3 is 2.50 bits per heavy atom. The Morgan fingerprint density at radius 1 is 1.00 bits per heavy atom. The van der Waals surface area contributed by atoms with Crippen LogP contribution < -0.4 is 5.32 Å². The van der Waals surface area contributed by atoms with E-state index in [4.69, 9.17) is 4.74 Å². The van der Waals surface area contributed by atoms with E-state index in [1.54, 1.807) is 39.4 Å². The lowest BCUT2D eigenvalue weighted by Crippen LogP contribution is -2.35. The van der Waals surface area contributed by atoms with Gasteiger partial charge in [0, 0.05) is 48.1 Å². The molecular formula is C26H24F2N4O2. The van der Waals surface area contributed by atoms with Crippen molar-refractivity contribution in [1.82, 2.24) is 20.3 Å². The van der Waals surface area contributed by atoms with Gasteiger partial charge < -0.3 is 10.1 Å². The predicted molar refractivity (Wildman–Crippen MR) is 125 cm³/mol. The Bertz CT molecular complexity index is 1320. The third-order valence-corrected chi connectivity index (χ3v) is 5.16. The average molecular weight is 463 g/mol. The SMILES string of the molecule is CC(C)(C)OC(=O)NC[C@H](c1cc(F)cc(F)c1)c1ncncc1-c1ccc2cnccc2c1. The van der Waals surface area contributed by atoms with Crippen LogP contribution in [0.25, 0.3) is 21.9 Å². The minimum absolute atomic E-state index is 0.0132. The number of hydrogen-bond donors (Lipinski definition) is 1. The molecule has 0 fully saturated rings. The largest absolute Gasteiger partial charge is 0.444 e. The first-order chi connectivity index (χ1) is 16.2. The van der Waals surface area contributed by atoms with Gasteiger partial charge in [-0.05, 0) is 61.5 Å².